The molecule has 2 N–H and O–H groups in total. The zero-order valence-electron chi connectivity index (χ0n) is 17.4. The maximum atomic E-state index is 5.64. The van der Waals surface area contributed by atoms with Crippen molar-refractivity contribution in [3.05, 3.63) is 23.8 Å². The molecule has 28 heavy (non-hydrogen) atoms. The maximum Gasteiger partial charge on any atom is 0.191 e. The first-order valence-corrected chi connectivity index (χ1v) is 10.2. The lowest BCUT2D eigenvalue weighted by Crippen LogP contribution is -2.58. The molecule has 7 heteroatoms. The van der Waals surface area contributed by atoms with E-state index >= 15 is 0 Å². The first kappa shape index (κ1) is 20.7. The highest BCUT2D eigenvalue weighted by atomic mass is 16.5. The van der Waals surface area contributed by atoms with E-state index in [0.717, 1.165) is 55.6 Å². The summed E-state index contributed by atoms with van der Waals surface area (Å²) in [5, 5.41) is 6.98. The van der Waals surface area contributed by atoms with Gasteiger partial charge in [0.1, 0.15) is 0 Å². The van der Waals surface area contributed by atoms with Gasteiger partial charge in [-0.3, -0.25) is 9.89 Å². The number of hydrogen-bond donors (Lipinski definition) is 2. The Morgan fingerprint density at radius 1 is 1.11 bits per heavy atom. The molecule has 0 spiro atoms. The lowest BCUT2D eigenvalue weighted by Gasteiger charge is -2.45. The van der Waals surface area contributed by atoms with Crippen molar-refractivity contribution >= 4 is 5.96 Å². The summed E-state index contributed by atoms with van der Waals surface area (Å²) < 4.78 is 16.3. The van der Waals surface area contributed by atoms with Crippen LogP contribution in [0.4, 0.5) is 0 Å². The summed E-state index contributed by atoms with van der Waals surface area (Å²) in [6, 6.07) is 5.95. The fourth-order valence-corrected chi connectivity index (χ4v) is 4.19. The van der Waals surface area contributed by atoms with Gasteiger partial charge in [0.15, 0.2) is 17.5 Å². The van der Waals surface area contributed by atoms with Crippen molar-refractivity contribution in [3.63, 3.8) is 0 Å². The van der Waals surface area contributed by atoms with Crippen LogP contribution in [0.5, 0.6) is 11.5 Å². The van der Waals surface area contributed by atoms with Crippen LogP contribution in [0.15, 0.2) is 23.2 Å². The number of ether oxygens (including phenoxy) is 3. The first-order valence-electron chi connectivity index (χ1n) is 10.2. The second kappa shape index (κ2) is 9.98. The van der Waals surface area contributed by atoms with Crippen molar-refractivity contribution in [1.82, 2.24) is 15.5 Å². The van der Waals surface area contributed by atoms with E-state index < -0.39 is 0 Å². The van der Waals surface area contributed by atoms with Gasteiger partial charge < -0.3 is 24.8 Å². The van der Waals surface area contributed by atoms with Crippen LogP contribution in [0.1, 0.15) is 31.2 Å². The van der Waals surface area contributed by atoms with E-state index in [0.29, 0.717) is 6.54 Å². The molecule has 3 rings (SSSR count). The third kappa shape index (κ3) is 4.89. The van der Waals surface area contributed by atoms with Crippen LogP contribution in [0.3, 0.4) is 0 Å². The summed E-state index contributed by atoms with van der Waals surface area (Å²) in [6.45, 7) is 5.63. The Morgan fingerprint density at radius 2 is 1.82 bits per heavy atom. The molecule has 2 aliphatic heterocycles. The smallest absolute Gasteiger partial charge is 0.191 e. The van der Waals surface area contributed by atoms with E-state index in [2.05, 4.69) is 20.5 Å². The van der Waals surface area contributed by atoms with Gasteiger partial charge in [-0.05, 0) is 56.5 Å². The molecule has 0 unspecified atom stereocenters. The Bertz CT molecular complexity index is 653. The van der Waals surface area contributed by atoms with Gasteiger partial charge >= 0.3 is 0 Å². The molecule has 0 radical (unpaired) electrons. The predicted molar refractivity (Wildman–Crippen MR) is 111 cm³/mol. The minimum Gasteiger partial charge on any atom is -0.493 e. The number of likely N-dealkylation sites (tertiary alicyclic amines) is 1. The summed E-state index contributed by atoms with van der Waals surface area (Å²) in [5.74, 6) is 2.29. The van der Waals surface area contributed by atoms with Gasteiger partial charge in [0.05, 0.1) is 14.2 Å². The van der Waals surface area contributed by atoms with Gasteiger partial charge in [-0.1, -0.05) is 6.07 Å². The molecule has 0 aliphatic carbocycles. The highest BCUT2D eigenvalue weighted by Gasteiger charge is 2.39. The lowest BCUT2D eigenvalue weighted by molar-refractivity contribution is -0.0164. The molecule has 0 atom stereocenters. The fraction of sp³-hybridized carbons (Fsp3) is 0.667. The van der Waals surface area contributed by atoms with Crippen molar-refractivity contribution in [3.8, 4) is 11.5 Å². The third-order valence-corrected chi connectivity index (χ3v) is 5.92. The van der Waals surface area contributed by atoms with E-state index in [1.165, 1.54) is 25.9 Å². The number of benzene rings is 1. The standard InChI is InChI=1S/C21H34N4O3/c1-22-20(23-15-17-6-7-18(26-2)19(14-17)27-3)24-16-21(8-12-28-13-9-21)25-10-4-5-11-25/h6-7,14H,4-5,8-13,15-16H2,1-3H3,(H2,22,23,24). The molecule has 2 fully saturated rings. The number of nitrogens with one attached hydrogen (secondary N) is 2. The zero-order valence-corrected chi connectivity index (χ0v) is 17.4. The summed E-state index contributed by atoms with van der Waals surface area (Å²) in [7, 11) is 5.12. The SMILES string of the molecule is CN=C(NCc1ccc(OC)c(OC)c1)NCC1(N2CCCC2)CCOCC1. The van der Waals surface area contributed by atoms with E-state index in [1.54, 1.807) is 14.2 Å². The van der Waals surface area contributed by atoms with Crippen molar-refractivity contribution in [2.75, 3.05) is 54.1 Å². The fourth-order valence-electron chi connectivity index (χ4n) is 4.19. The van der Waals surface area contributed by atoms with Gasteiger partial charge in [0.25, 0.3) is 0 Å². The Labute approximate surface area is 168 Å². The minimum atomic E-state index is 0.176. The van der Waals surface area contributed by atoms with Crippen molar-refractivity contribution in [1.29, 1.82) is 0 Å². The van der Waals surface area contributed by atoms with Crippen LogP contribution in [0.2, 0.25) is 0 Å². The molecular formula is C21H34N4O3. The molecule has 0 saturated carbocycles. The summed E-state index contributed by atoms with van der Waals surface area (Å²) in [5.41, 5.74) is 1.29. The van der Waals surface area contributed by atoms with Crippen LogP contribution in [0.25, 0.3) is 0 Å². The quantitative estimate of drug-likeness (QED) is 0.548. The molecular weight excluding hydrogens is 356 g/mol. The third-order valence-electron chi connectivity index (χ3n) is 5.92. The zero-order chi connectivity index (χ0) is 19.8. The number of hydrogen-bond acceptors (Lipinski definition) is 5. The molecule has 2 saturated heterocycles. The second-order valence-corrected chi connectivity index (χ2v) is 7.50. The largest absolute Gasteiger partial charge is 0.493 e. The number of guanidine groups is 1. The topological polar surface area (TPSA) is 67.4 Å². The van der Waals surface area contributed by atoms with Gasteiger partial charge in [0.2, 0.25) is 0 Å². The highest BCUT2D eigenvalue weighted by molar-refractivity contribution is 5.79. The van der Waals surface area contributed by atoms with Crippen LogP contribution in [0, 0.1) is 0 Å². The van der Waals surface area contributed by atoms with Crippen molar-refractivity contribution < 1.29 is 14.2 Å². The number of methoxy groups -OCH3 is 2. The maximum absolute atomic E-state index is 5.64. The Kier molecular flexibility index (Phi) is 7.39. The summed E-state index contributed by atoms with van der Waals surface area (Å²) in [6.07, 6.45) is 4.75. The lowest BCUT2D eigenvalue weighted by atomic mass is 9.88. The average Bonchev–Trinajstić information content (AvgIpc) is 3.30. The normalized spacial score (nSPS) is 20.0. The minimum absolute atomic E-state index is 0.176. The van der Waals surface area contributed by atoms with Crippen molar-refractivity contribution in [2.45, 2.75) is 37.8 Å². The van der Waals surface area contributed by atoms with E-state index in [4.69, 9.17) is 14.2 Å². The monoisotopic (exact) mass is 390 g/mol. The molecule has 0 amide bonds. The average molecular weight is 391 g/mol. The van der Waals surface area contributed by atoms with Crippen LogP contribution < -0.4 is 20.1 Å². The van der Waals surface area contributed by atoms with E-state index in [-0.39, 0.29) is 5.54 Å². The highest BCUT2D eigenvalue weighted by Crippen LogP contribution is 2.31. The Hall–Kier alpha value is -1.99. The predicted octanol–water partition coefficient (Wildman–Crippen LogP) is 2.01. The first-order chi connectivity index (χ1) is 13.7. The number of rotatable bonds is 7. The van der Waals surface area contributed by atoms with Gasteiger partial charge in [-0.25, -0.2) is 0 Å². The molecule has 7 nitrogen and oxygen atoms in total. The van der Waals surface area contributed by atoms with Crippen LogP contribution >= 0.6 is 0 Å². The Morgan fingerprint density at radius 3 is 2.46 bits per heavy atom. The van der Waals surface area contributed by atoms with Gasteiger partial charge in [0, 0.05) is 38.9 Å². The van der Waals surface area contributed by atoms with Crippen molar-refractivity contribution in [2.24, 2.45) is 4.99 Å². The van der Waals surface area contributed by atoms with E-state index in [1.807, 2.05) is 25.2 Å². The Balaban J connectivity index is 1.58. The second-order valence-electron chi connectivity index (χ2n) is 7.50. The summed E-state index contributed by atoms with van der Waals surface area (Å²) in [4.78, 5) is 7.07. The molecule has 0 aromatic heterocycles. The molecule has 1 aromatic carbocycles. The molecule has 156 valence electrons. The number of aliphatic imine (C=N–C) groups is 1. The van der Waals surface area contributed by atoms with Crippen LogP contribution in [-0.4, -0.2) is 70.5 Å². The van der Waals surface area contributed by atoms with E-state index in [9.17, 15) is 0 Å². The molecule has 1 aromatic rings. The van der Waals surface area contributed by atoms with Gasteiger partial charge in [-0.2, -0.15) is 0 Å². The molecule has 2 aliphatic rings. The van der Waals surface area contributed by atoms with Gasteiger partial charge in [-0.15, -0.1) is 0 Å². The summed E-state index contributed by atoms with van der Waals surface area (Å²) >= 11 is 0. The molecule has 2 heterocycles. The van der Waals surface area contributed by atoms with Crippen LogP contribution in [-0.2, 0) is 11.3 Å². The molecule has 0 bridgehead atoms. The number of nitrogens with zero attached hydrogens (tertiary/aromatic N) is 2.